The van der Waals surface area contributed by atoms with Gasteiger partial charge in [-0.15, -0.1) is 0 Å². The summed E-state index contributed by atoms with van der Waals surface area (Å²) in [6, 6.07) is 6.01. The van der Waals surface area contributed by atoms with E-state index in [0.29, 0.717) is 0 Å². The van der Waals surface area contributed by atoms with E-state index >= 15 is 0 Å². The van der Waals surface area contributed by atoms with Gasteiger partial charge in [0.2, 0.25) is 0 Å². The molecule has 0 heterocycles. The van der Waals surface area contributed by atoms with Crippen molar-refractivity contribution in [1.82, 2.24) is 0 Å². The highest BCUT2D eigenvalue weighted by atomic mass is 14.5. The number of nitrogens with two attached hydrogens (primary N) is 1. The first-order chi connectivity index (χ1) is 4.74. The van der Waals surface area contributed by atoms with Crippen molar-refractivity contribution in [2.45, 2.75) is 13.3 Å². The lowest BCUT2D eigenvalue weighted by Gasteiger charge is -2.01. The summed E-state index contributed by atoms with van der Waals surface area (Å²) in [5, 5.41) is 0. The second-order valence-electron chi connectivity index (χ2n) is 2.44. The van der Waals surface area contributed by atoms with Crippen molar-refractivity contribution in [3.05, 3.63) is 36.2 Å². The van der Waals surface area contributed by atoms with Gasteiger partial charge in [0.15, 0.2) is 0 Å². The molecule has 0 fully saturated rings. The molecule has 1 radical (unpaired) electrons. The van der Waals surface area contributed by atoms with Gasteiger partial charge in [-0.1, -0.05) is 12.1 Å². The van der Waals surface area contributed by atoms with Gasteiger partial charge < -0.3 is 5.73 Å². The third-order valence-corrected chi connectivity index (χ3v) is 1.62. The number of hydrogen-bond acceptors (Lipinski definition) is 1. The van der Waals surface area contributed by atoms with E-state index in [-0.39, 0.29) is 0 Å². The largest absolute Gasteiger partial charge is 0.399 e. The molecule has 0 unspecified atom stereocenters. The van der Waals surface area contributed by atoms with E-state index in [1.165, 1.54) is 5.56 Å². The molecule has 1 rings (SSSR count). The van der Waals surface area contributed by atoms with Gasteiger partial charge in [-0.2, -0.15) is 0 Å². The van der Waals surface area contributed by atoms with E-state index in [0.717, 1.165) is 17.7 Å². The summed E-state index contributed by atoms with van der Waals surface area (Å²) < 4.78 is 0. The van der Waals surface area contributed by atoms with Crippen LogP contribution in [0.2, 0.25) is 0 Å². The van der Waals surface area contributed by atoms with Crippen LogP contribution in [0.1, 0.15) is 11.1 Å². The molecule has 0 aromatic heterocycles. The monoisotopic (exact) mass is 134 g/mol. The Bertz CT molecular complexity index is 228. The Morgan fingerprint density at radius 1 is 1.50 bits per heavy atom. The Morgan fingerprint density at radius 2 is 2.20 bits per heavy atom. The SMILES string of the molecule is [CH2]Cc1ccc(N)c(C)c1. The van der Waals surface area contributed by atoms with Crippen LogP contribution < -0.4 is 5.73 Å². The zero-order chi connectivity index (χ0) is 7.56. The van der Waals surface area contributed by atoms with E-state index in [1.807, 2.05) is 19.1 Å². The standard InChI is InChI=1S/C9H12N/c1-3-8-4-5-9(10)7(2)6-8/h4-6H,1,3,10H2,2H3. The molecule has 0 aliphatic carbocycles. The second-order valence-corrected chi connectivity index (χ2v) is 2.44. The summed E-state index contributed by atoms with van der Waals surface area (Å²) in [6.45, 7) is 5.79. The van der Waals surface area contributed by atoms with Crippen LogP contribution >= 0.6 is 0 Å². The molecule has 0 saturated carbocycles. The summed E-state index contributed by atoms with van der Waals surface area (Å²) in [5.74, 6) is 0. The smallest absolute Gasteiger partial charge is 0.0343 e. The summed E-state index contributed by atoms with van der Waals surface area (Å²) in [4.78, 5) is 0. The molecular formula is C9H12N. The first-order valence-corrected chi connectivity index (χ1v) is 3.38. The molecule has 1 nitrogen and oxygen atoms in total. The fourth-order valence-electron chi connectivity index (χ4n) is 0.893. The summed E-state index contributed by atoms with van der Waals surface area (Å²) in [5.41, 5.74) is 8.86. The highest BCUT2D eigenvalue weighted by Crippen LogP contribution is 2.12. The topological polar surface area (TPSA) is 26.0 Å². The van der Waals surface area contributed by atoms with Crippen LogP contribution in [0.5, 0.6) is 0 Å². The minimum atomic E-state index is 0.834. The van der Waals surface area contributed by atoms with Gasteiger partial charge in [0, 0.05) is 5.69 Å². The van der Waals surface area contributed by atoms with Gasteiger partial charge in [0.25, 0.3) is 0 Å². The van der Waals surface area contributed by atoms with Crippen LogP contribution in [0.3, 0.4) is 0 Å². The molecule has 1 heteroatoms. The van der Waals surface area contributed by atoms with Crippen molar-refractivity contribution >= 4 is 5.69 Å². The molecular weight excluding hydrogens is 122 g/mol. The number of aryl methyl sites for hydroxylation is 1. The molecule has 53 valence electrons. The maximum atomic E-state index is 5.62. The van der Waals surface area contributed by atoms with Crippen LogP contribution in [0.15, 0.2) is 18.2 Å². The number of nitrogen functional groups attached to an aromatic ring is 1. The molecule has 2 N–H and O–H groups in total. The maximum absolute atomic E-state index is 5.62. The van der Waals surface area contributed by atoms with E-state index in [1.54, 1.807) is 0 Å². The van der Waals surface area contributed by atoms with Crippen LogP contribution in [-0.4, -0.2) is 0 Å². The van der Waals surface area contributed by atoms with Crippen LogP contribution in [0, 0.1) is 13.8 Å². The lowest BCUT2D eigenvalue weighted by molar-refractivity contribution is 1.25. The molecule has 0 saturated heterocycles. The Labute approximate surface area is 61.9 Å². The van der Waals surface area contributed by atoms with E-state index in [2.05, 4.69) is 13.0 Å². The minimum absolute atomic E-state index is 0.834. The third kappa shape index (κ3) is 1.29. The molecule has 0 aliphatic rings. The Balaban J connectivity index is 3.04. The lowest BCUT2D eigenvalue weighted by Crippen LogP contribution is -1.90. The van der Waals surface area contributed by atoms with Gasteiger partial charge in [-0.3, -0.25) is 0 Å². The van der Waals surface area contributed by atoms with Crippen molar-refractivity contribution in [3.8, 4) is 0 Å². The average molecular weight is 134 g/mol. The predicted octanol–water partition coefficient (Wildman–Crippen LogP) is 1.95. The lowest BCUT2D eigenvalue weighted by atomic mass is 10.1. The normalized spacial score (nSPS) is 9.80. The van der Waals surface area contributed by atoms with E-state index in [9.17, 15) is 0 Å². The Hall–Kier alpha value is -0.980. The Kier molecular flexibility index (Phi) is 1.95. The van der Waals surface area contributed by atoms with Crippen molar-refractivity contribution in [1.29, 1.82) is 0 Å². The van der Waals surface area contributed by atoms with Crippen molar-refractivity contribution in [2.24, 2.45) is 0 Å². The fourth-order valence-corrected chi connectivity index (χ4v) is 0.893. The summed E-state index contributed by atoms with van der Waals surface area (Å²) in [6.07, 6.45) is 0.834. The molecule has 0 spiro atoms. The molecule has 1 aromatic carbocycles. The predicted molar refractivity (Wildman–Crippen MR) is 44.7 cm³/mol. The number of rotatable bonds is 1. The number of anilines is 1. The van der Waals surface area contributed by atoms with Gasteiger partial charge in [0.05, 0.1) is 0 Å². The van der Waals surface area contributed by atoms with Crippen molar-refractivity contribution in [3.63, 3.8) is 0 Å². The number of hydrogen-bond donors (Lipinski definition) is 1. The third-order valence-electron chi connectivity index (χ3n) is 1.62. The molecule has 0 atom stereocenters. The van der Waals surface area contributed by atoms with Crippen LogP contribution in [0.25, 0.3) is 0 Å². The molecule has 10 heavy (non-hydrogen) atoms. The van der Waals surface area contributed by atoms with Gasteiger partial charge >= 0.3 is 0 Å². The van der Waals surface area contributed by atoms with Crippen molar-refractivity contribution < 1.29 is 0 Å². The fraction of sp³-hybridized carbons (Fsp3) is 0.222. The van der Waals surface area contributed by atoms with Crippen molar-refractivity contribution in [2.75, 3.05) is 5.73 Å². The Morgan fingerprint density at radius 3 is 2.70 bits per heavy atom. The average Bonchev–Trinajstić information content (AvgIpc) is 1.95. The van der Waals surface area contributed by atoms with Gasteiger partial charge in [-0.05, 0) is 37.5 Å². The molecule has 1 aromatic rings. The molecule has 0 bridgehead atoms. The molecule has 0 aliphatic heterocycles. The first kappa shape index (κ1) is 7.13. The second kappa shape index (κ2) is 2.74. The molecule has 0 amide bonds. The first-order valence-electron chi connectivity index (χ1n) is 3.38. The van der Waals surface area contributed by atoms with Crippen LogP contribution in [-0.2, 0) is 6.42 Å². The van der Waals surface area contributed by atoms with Crippen LogP contribution in [0.4, 0.5) is 5.69 Å². The summed E-state index contributed by atoms with van der Waals surface area (Å²) in [7, 11) is 0. The zero-order valence-corrected chi connectivity index (χ0v) is 6.22. The maximum Gasteiger partial charge on any atom is 0.0343 e. The quantitative estimate of drug-likeness (QED) is 0.584. The zero-order valence-electron chi connectivity index (χ0n) is 6.22. The minimum Gasteiger partial charge on any atom is -0.399 e. The summed E-state index contributed by atoms with van der Waals surface area (Å²) >= 11 is 0. The highest BCUT2D eigenvalue weighted by molar-refractivity contribution is 5.47. The number of benzene rings is 1. The van der Waals surface area contributed by atoms with Gasteiger partial charge in [0.1, 0.15) is 0 Å². The van der Waals surface area contributed by atoms with E-state index < -0.39 is 0 Å². The highest BCUT2D eigenvalue weighted by Gasteiger charge is 1.92. The van der Waals surface area contributed by atoms with E-state index in [4.69, 9.17) is 5.73 Å². The van der Waals surface area contributed by atoms with Gasteiger partial charge in [-0.25, -0.2) is 0 Å².